The molecule has 2 aromatic carbocycles. The predicted molar refractivity (Wildman–Crippen MR) is 118 cm³/mol. The van der Waals surface area contributed by atoms with Crippen LogP contribution >= 0.6 is 0 Å². The average molecular weight is 428 g/mol. The van der Waals surface area contributed by atoms with Crippen LogP contribution in [0.15, 0.2) is 71.3 Å². The molecule has 3 aromatic rings. The number of amides is 3. The second-order valence-corrected chi connectivity index (χ2v) is 8.50. The maximum absolute atomic E-state index is 13.5. The highest BCUT2D eigenvalue weighted by atomic mass is 16.3. The molecule has 6 nitrogen and oxygen atoms in total. The first-order chi connectivity index (χ1) is 15.6. The van der Waals surface area contributed by atoms with Gasteiger partial charge >= 0.3 is 0 Å². The molecular formula is C26H24N2O4. The minimum absolute atomic E-state index is 0.0738. The number of imide groups is 1. The lowest BCUT2D eigenvalue weighted by Crippen LogP contribution is -2.37. The number of hydrogen-bond acceptors (Lipinski definition) is 4. The molecule has 6 heteroatoms. The minimum atomic E-state index is -0.398. The zero-order valence-corrected chi connectivity index (χ0v) is 17.7. The van der Waals surface area contributed by atoms with Crippen molar-refractivity contribution < 1.29 is 18.8 Å². The number of carbonyl (C=O) groups excluding carboxylic acids is 3. The highest BCUT2D eigenvalue weighted by Crippen LogP contribution is 2.30. The van der Waals surface area contributed by atoms with Gasteiger partial charge < -0.3 is 9.32 Å². The second-order valence-electron chi connectivity index (χ2n) is 8.50. The lowest BCUT2D eigenvalue weighted by atomic mass is 9.85. The third-order valence-electron chi connectivity index (χ3n) is 6.32. The van der Waals surface area contributed by atoms with Crippen molar-refractivity contribution in [3.63, 3.8) is 0 Å². The van der Waals surface area contributed by atoms with Gasteiger partial charge in [-0.15, -0.1) is 0 Å². The van der Waals surface area contributed by atoms with Crippen LogP contribution in [0.5, 0.6) is 0 Å². The van der Waals surface area contributed by atoms with E-state index >= 15 is 0 Å². The largest absolute Gasteiger partial charge is 0.467 e. The van der Waals surface area contributed by atoms with Crippen LogP contribution < -0.4 is 0 Å². The Morgan fingerprint density at radius 2 is 1.75 bits per heavy atom. The molecule has 0 radical (unpaired) electrons. The van der Waals surface area contributed by atoms with Gasteiger partial charge in [-0.25, -0.2) is 0 Å². The number of fused-ring (bicyclic) bond motifs is 1. The van der Waals surface area contributed by atoms with Crippen molar-refractivity contribution in [1.29, 1.82) is 0 Å². The summed E-state index contributed by atoms with van der Waals surface area (Å²) < 4.78 is 5.29. The summed E-state index contributed by atoms with van der Waals surface area (Å²) in [5.41, 5.74) is 2.10. The molecule has 2 aliphatic rings. The molecule has 1 fully saturated rings. The third-order valence-corrected chi connectivity index (χ3v) is 6.32. The van der Waals surface area contributed by atoms with Gasteiger partial charge in [-0.3, -0.25) is 19.3 Å². The van der Waals surface area contributed by atoms with Crippen molar-refractivity contribution in [3.8, 4) is 0 Å². The smallest absolute Gasteiger partial charge is 0.261 e. The Morgan fingerprint density at radius 1 is 0.969 bits per heavy atom. The van der Waals surface area contributed by atoms with Gasteiger partial charge in [0.15, 0.2) is 0 Å². The van der Waals surface area contributed by atoms with Gasteiger partial charge in [-0.2, -0.15) is 0 Å². The Bertz CT molecular complexity index is 1150. The zero-order chi connectivity index (χ0) is 22.1. The first kappa shape index (κ1) is 20.2. The van der Waals surface area contributed by atoms with Crippen molar-refractivity contribution in [2.45, 2.75) is 32.4 Å². The molecule has 0 saturated heterocycles. The molecule has 0 atom stereocenters. The maximum atomic E-state index is 13.5. The predicted octanol–water partition coefficient (Wildman–Crippen LogP) is 4.52. The van der Waals surface area contributed by atoms with Crippen LogP contribution in [0.1, 0.15) is 61.7 Å². The number of furan rings is 1. The molecule has 0 spiro atoms. The van der Waals surface area contributed by atoms with Gasteiger partial charge in [0, 0.05) is 18.7 Å². The molecule has 32 heavy (non-hydrogen) atoms. The highest BCUT2D eigenvalue weighted by molar-refractivity contribution is 6.22. The molecule has 1 aliphatic heterocycles. The van der Waals surface area contributed by atoms with E-state index in [0.717, 1.165) is 23.3 Å². The summed E-state index contributed by atoms with van der Waals surface area (Å²) in [5.74, 6) is 0.170. The van der Waals surface area contributed by atoms with Crippen LogP contribution in [0.4, 0.5) is 0 Å². The lowest BCUT2D eigenvalue weighted by molar-refractivity contribution is 0.0631. The summed E-state index contributed by atoms with van der Waals surface area (Å²) in [6, 6.07) is 18.2. The quantitative estimate of drug-likeness (QED) is 0.519. The second kappa shape index (κ2) is 8.46. The number of benzene rings is 2. The van der Waals surface area contributed by atoms with E-state index in [1.54, 1.807) is 30.3 Å². The molecule has 2 heterocycles. The molecular weight excluding hydrogens is 404 g/mol. The molecule has 0 N–H and O–H groups in total. The van der Waals surface area contributed by atoms with Crippen molar-refractivity contribution in [2.24, 2.45) is 5.92 Å². The molecule has 5 rings (SSSR count). The SMILES string of the molecule is O=C(c1ccc2c(c1)C(=O)N(Cc1ccco1)C2=O)N(Cc1ccccc1)CC1CCC1. The van der Waals surface area contributed by atoms with Gasteiger partial charge in [0.2, 0.25) is 0 Å². The number of hydrogen-bond donors (Lipinski definition) is 0. The molecule has 1 aromatic heterocycles. The van der Waals surface area contributed by atoms with Crippen LogP contribution in [0.3, 0.4) is 0 Å². The molecule has 162 valence electrons. The first-order valence-corrected chi connectivity index (χ1v) is 11.0. The van der Waals surface area contributed by atoms with E-state index in [9.17, 15) is 14.4 Å². The van der Waals surface area contributed by atoms with E-state index in [1.165, 1.54) is 12.7 Å². The first-order valence-electron chi connectivity index (χ1n) is 11.0. The number of nitrogens with zero attached hydrogens (tertiary/aromatic N) is 2. The Balaban J connectivity index is 1.39. The third kappa shape index (κ3) is 3.84. The summed E-state index contributed by atoms with van der Waals surface area (Å²) >= 11 is 0. The summed E-state index contributed by atoms with van der Waals surface area (Å²) in [6.45, 7) is 1.29. The fraction of sp³-hybridized carbons (Fsp3) is 0.269. The van der Waals surface area contributed by atoms with E-state index in [1.807, 2.05) is 35.2 Å². The van der Waals surface area contributed by atoms with Gasteiger partial charge in [-0.05, 0) is 54.7 Å². The van der Waals surface area contributed by atoms with Crippen molar-refractivity contribution in [2.75, 3.05) is 6.54 Å². The van der Waals surface area contributed by atoms with Crippen molar-refractivity contribution >= 4 is 17.7 Å². The van der Waals surface area contributed by atoms with Crippen molar-refractivity contribution in [1.82, 2.24) is 9.80 Å². The van der Waals surface area contributed by atoms with Gasteiger partial charge in [0.05, 0.1) is 23.9 Å². The Hall–Kier alpha value is -3.67. The molecule has 0 unspecified atom stereocenters. The van der Waals surface area contributed by atoms with E-state index in [4.69, 9.17) is 4.42 Å². The van der Waals surface area contributed by atoms with Crippen LogP contribution in [-0.2, 0) is 13.1 Å². The molecule has 0 bridgehead atoms. The summed E-state index contributed by atoms with van der Waals surface area (Å²) in [4.78, 5) is 42.2. The average Bonchev–Trinajstić information content (AvgIpc) is 3.38. The zero-order valence-electron chi connectivity index (χ0n) is 17.7. The lowest BCUT2D eigenvalue weighted by Gasteiger charge is -2.32. The van der Waals surface area contributed by atoms with Crippen LogP contribution in [-0.4, -0.2) is 34.1 Å². The fourth-order valence-electron chi connectivity index (χ4n) is 4.32. The van der Waals surface area contributed by atoms with E-state index in [2.05, 4.69) is 0 Å². The minimum Gasteiger partial charge on any atom is -0.467 e. The van der Waals surface area contributed by atoms with Crippen LogP contribution in [0.2, 0.25) is 0 Å². The summed E-state index contributed by atoms with van der Waals surface area (Å²) in [7, 11) is 0. The maximum Gasteiger partial charge on any atom is 0.261 e. The Kier molecular flexibility index (Phi) is 5.35. The van der Waals surface area contributed by atoms with Gasteiger partial charge in [-0.1, -0.05) is 36.8 Å². The molecule has 3 amide bonds. The van der Waals surface area contributed by atoms with E-state index in [0.29, 0.717) is 35.9 Å². The number of carbonyl (C=O) groups is 3. The summed E-state index contributed by atoms with van der Waals surface area (Å²) in [6.07, 6.45) is 4.99. The van der Waals surface area contributed by atoms with Crippen molar-refractivity contribution in [3.05, 3.63) is 94.9 Å². The van der Waals surface area contributed by atoms with Crippen LogP contribution in [0, 0.1) is 5.92 Å². The monoisotopic (exact) mass is 428 g/mol. The molecule has 1 saturated carbocycles. The fourth-order valence-corrected chi connectivity index (χ4v) is 4.32. The topological polar surface area (TPSA) is 70.8 Å². The van der Waals surface area contributed by atoms with Gasteiger partial charge in [0.25, 0.3) is 17.7 Å². The van der Waals surface area contributed by atoms with Gasteiger partial charge in [0.1, 0.15) is 5.76 Å². The van der Waals surface area contributed by atoms with E-state index in [-0.39, 0.29) is 23.9 Å². The standard InChI is InChI=1S/C26H24N2O4/c29-24(27(16-19-8-4-9-19)15-18-6-2-1-3-7-18)20-11-12-22-23(14-20)26(31)28(25(22)30)17-21-10-5-13-32-21/h1-3,5-7,10-14,19H,4,8-9,15-17H2. The normalized spacial score (nSPS) is 15.6. The molecule has 1 aliphatic carbocycles. The van der Waals surface area contributed by atoms with Crippen LogP contribution in [0.25, 0.3) is 0 Å². The van der Waals surface area contributed by atoms with E-state index < -0.39 is 5.91 Å². The number of rotatable bonds is 7. The Labute approximate surface area is 186 Å². The Morgan fingerprint density at radius 3 is 2.44 bits per heavy atom. The summed E-state index contributed by atoms with van der Waals surface area (Å²) in [5, 5.41) is 0. The highest BCUT2D eigenvalue weighted by Gasteiger charge is 2.37.